The van der Waals surface area contributed by atoms with Crippen molar-refractivity contribution >= 4 is 11.9 Å². The zero-order valence-corrected chi connectivity index (χ0v) is 13.3. The second-order valence-corrected chi connectivity index (χ2v) is 5.31. The Morgan fingerprint density at radius 2 is 1.83 bits per heavy atom. The summed E-state index contributed by atoms with van der Waals surface area (Å²) in [4.78, 5) is 47.3. The fraction of sp³-hybridized carbons (Fsp3) is 0.500. The number of H-pyrrole nitrogens is 1. The van der Waals surface area contributed by atoms with Gasteiger partial charge in [0.25, 0.3) is 5.56 Å². The molecule has 126 valence electrons. The van der Waals surface area contributed by atoms with Crippen LogP contribution >= 0.6 is 0 Å². The van der Waals surface area contributed by atoms with Crippen LogP contribution in [-0.2, 0) is 9.53 Å². The van der Waals surface area contributed by atoms with Crippen molar-refractivity contribution in [3.63, 3.8) is 0 Å². The van der Waals surface area contributed by atoms with E-state index in [0.717, 1.165) is 36.3 Å². The molecule has 0 bridgehead atoms. The van der Waals surface area contributed by atoms with Crippen LogP contribution < -0.4 is 11.2 Å². The first-order chi connectivity index (χ1) is 10.9. The van der Waals surface area contributed by atoms with Gasteiger partial charge < -0.3 is 4.74 Å². The molecule has 1 N–H and O–H groups in total. The van der Waals surface area contributed by atoms with E-state index >= 15 is 0 Å². The van der Waals surface area contributed by atoms with Crippen molar-refractivity contribution in [2.45, 2.75) is 45.4 Å². The molecule has 0 spiro atoms. The maximum Gasteiger partial charge on any atom is 0.335 e. The molecular formula is C16H22N2O5. The first kappa shape index (κ1) is 18.6. The zero-order chi connectivity index (χ0) is 17.2. The van der Waals surface area contributed by atoms with Gasteiger partial charge in [-0.3, -0.25) is 14.6 Å². The van der Waals surface area contributed by atoms with Crippen molar-refractivity contribution in [2.24, 2.45) is 0 Å². The lowest BCUT2D eigenvalue weighted by Gasteiger charge is -2.05. The molecule has 0 saturated heterocycles. The molecule has 0 aliphatic carbocycles. The molecule has 0 radical (unpaired) electrons. The summed E-state index contributed by atoms with van der Waals surface area (Å²) in [5, 5.41) is 0. The molecule has 0 unspecified atom stereocenters. The minimum Gasteiger partial charge on any atom is -0.462 e. The molecule has 0 atom stereocenters. The van der Waals surface area contributed by atoms with E-state index in [1.54, 1.807) is 6.92 Å². The molecule has 7 nitrogen and oxygen atoms in total. The quantitative estimate of drug-likeness (QED) is 0.423. The number of aromatic nitrogens is 2. The summed E-state index contributed by atoms with van der Waals surface area (Å²) in [7, 11) is 0. The van der Waals surface area contributed by atoms with Gasteiger partial charge in [-0.15, -0.1) is 0 Å². The number of nitrogens with one attached hydrogen (secondary N) is 1. The number of carbonyl (C=O) groups excluding carboxylic acids is 2. The number of hydrogen-bond acceptors (Lipinski definition) is 5. The predicted molar refractivity (Wildman–Crippen MR) is 85.4 cm³/mol. The average Bonchev–Trinajstić information content (AvgIpc) is 2.49. The largest absolute Gasteiger partial charge is 0.462 e. The first-order valence-electron chi connectivity index (χ1n) is 7.59. The van der Waals surface area contributed by atoms with Crippen molar-refractivity contribution < 1.29 is 14.3 Å². The molecule has 1 aromatic rings. The van der Waals surface area contributed by atoms with Crippen molar-refractivity contribution in [2.75, 3.05) is 6.61 Å². The summed E-state index contributed by atoms with van der Waals surface area (Å²) >= 11 is 0. The van der Waals surface area contributed by atoms with Gasteiger partial charge in [0, 0.05) is 24.3 Å². The van der Waals surface area contributed by atoms with Crippen LogP contribution in [0, 0.1) is 0 Å². The van der Waals surface area contributed by atoms with Gasteiger partial charge >= 0.3 is 11.7 Å². The van der Waals surface area contributed by atoms with Gasteiger partial charge in [-0.05, 0) is 19.8 Å². The highest BCUT2D eigenvalue weighted by molar-refractivity contribution is 5.86. The van der Waals surface area contributed by atoms with E-state index in [4.69, 9.17) is 4.74 Å². The van der Waals surface area contributed by atoms with Crippen molar-refractivity contribution in [1.29, 1.82) is 0 Å². The maximum atomic E-state index is 11.8. The molecule has 7 heteroatoms. The molecule has 1 rings (SSSR count). The van der Waals surface area contributed by atoms with Crippen LogP contribution in [0.3, 0.4) is 0 Å². The molecule has 0 aliphatic rings. The van der Waals surface area contributed by atoms with Crippen LogP contribution in [0.2, 0.25) is 0 Å². The number of aromatic amines is 1. The highest BCUT2D eigenvalue weighted by atomic mass is 16.5. The Bertz CT molecular complexity index is 672. The fourth-order valence-corrected chi connectivity index (χ4v) is 1.93. The Balaban J connectivity index is 2.14. The van der Waals surface area contributed by atoms with E-state index < -0.39 is 11.2 Å². The summed E-state index contributed by atoms with van der Waals surface area (Å²) in [6.07, 6.45) is 5.53. The van der Waals surface area contributed by atoms with Crippen LogP contribution in [0.5, 0.6) is 0 Å². The molecule has 1 heterocycles. The summed E-state index contributed by atoms with van der Waals surface area (Å²) in [5.41, 5.74) is -0.839. The van der Waals surface area contributed by atoms with Crippen LogP contribution in [0.15, 0.2) is 34.0 Å². The SMILES string of the molecule is C=C(C)C(=O)OCCCCCCCC(=O)n1ccc(=O)[nH]c1=O. The van der Waals surface area contributed by atoms with E-state index in [2.05, 4.69) is 6.58 Å². The number of unbranched alkanes of at least 4 members (excludes halogenated alkanes) is 4. The lowest BCUT2D eigenvalue weighted by Crippen LogP contribution is -2.32. The molecule has 23 heavy (non-hydrogen) atoms. The van der Waals surface area contributed by atoms with E-state index in [1.807, 2.05) is 4.98 Å². The molecular weight excluding hydrogens is 300 g/mol. The second-order valence-electron chi connectivity index (χ2n) is 5.31. The number of ether oxygens (including phenoxy) is 1. The fourth-order valence-electron chi connectivity index (χ4n) is 1.93. The lowest BCUT2D eigenvalue weighted by atomic mass is 10.1. The van der Waals surface area contributed by atoms with Crippen LogP contribution in [0.25, 0.3) is 0 Å². The molecule has 0 amide bonds. The Morgan fingerprint density at radius 1 is 1.17 bits per heavy atom. The van der Waals surface area contributed by atoms with Crippen LogP contribution in [0.1, 0.15) is 50.2 Å². The predicted octanol–water partition coefficient (Wildman–Crippen LogP) is 1.64. The van der Waals surface area contributed by atoms with Crippen LogP contribution in [0.4, 0.5) is 0 Å². The Kier molecular flexibility index (Phi) is 7.73. The third-order valence-electron chi connectivity index (χ3n) is 3.21. The van der Waals surface area contributed by atoms with Gasteiger partial charge in [0.05, 0.1) is 6.61 Å². The smallest absolute Gasteiger partial charge is 0.335 e. The topological polar surface area (TPSA) is 98.2 Å². The van der Waals surface area contributed by atoms with E-state index in [1.165, 1.54) is 6.20 Å². The van der Waals surface area contributed by atoms with E-state index in [0.29, 0.717) is 18.6 Å². The molecule has 1 aromatic heterocycles. The summed E-state index contributed by atoms with van der Waals surface area (Å²) < 4.78 is 5.88. The summed E-state index contributed by atoms with van der Waals surface area (Å²) in [5.74, 6) is -0.705. The number of esters is 1. The van der Waals surface area contributed by atoms with Gasteiger partial charge in [0.2, 0.25) is 5.91 Å². The van der Waals surface area contributed by atoms with E-state index in [9.17, 15) is 19.2 Å². The molecule has 0 aliphatic heterocycles. The summed E-state index contributed by atoms with van der Waals surface area (Å²) in [6.45, 7) is 5.47. The third kappa shape index (κ3) is 6.90. The van der Waals surface area contributed by atoms with Crippen molar-refractivity contribution in [3.8, 4) is 0 Å². The first-order valence-corrected chi connectivity index (χ1v) is 7.59. The van der Waals surface area contributed by atoms with Gasteiger partial charge in [-0.25, -0.2) is 14.2 Å². The molecule has 0 fully saturated rings. The highest BCUT2D eigenvalue weighted by Gasteiger charge is 2.07. The van der Waals surface area contributed by atoms with Gasteiger partial charge in [0.1, 0.15) is 0 Å². The highest BCUT2D eigenvalue weighted by Crippen LogP contribution is 2.07. The normalized spacial score (nSPS) is 10.3. The second kappa shape index (κ2) is 9.55. The lowest BCUT2D eigenvalue weighted by molar-refractivity contribution is -0.139. The third-order valence-corrected chi connectivity index (χ3v) is 3.21. The standard InChI is InChI=1S/C16H22N2O5/c1-12(2)15(21)23-11-7-5-3-4-6-8-14(20)18-10-9-13(19)17-16(18)22/h9-10H,1,3-8,11H2,2H3,(H,17,19,22). The molecule has 0 saturated carbocycles. The Morgan fingerprint density at radius 3 is 2.48 bits per heavy atom. The van der Waals surface area contributed by atoms with E-state index in [-0.39, 0.29) is 18.3 Å². The number of rotatable bonds is 9. The van der Waals surface area contributed by atoms with Crippen molar-refractivity contribution in [3.05, 3.63) is 45.3 Å². The number of carbonyl (C=O) groups is 2. The van der Waals surface area contributed by atoms with Crippen LogP contribution in [-0.4, -0.2) is 28.0 Å². The van der Waals surface area contributed by atoms with Gasteiger partial charge in [-0.2, -0.15) is 0 Å². The Labute approximate surface area is 134 Å². The van der Waals surface area contributed by atoms with Crippen molar-refractivity contribution in [1.82, 2.24) is 9.55 Å². The average molecular weight is 322 g/mol. The zero-order valence-electron chi connectivity index (χ0n) is 13.3. The maximum absolute atomic E-state index is 11.8. The minimum atomic E-state index is -0.707. The molecule has 0 aromatic carbocycles. The minimum absolute atomic E-state index is 0.247. The number of nitrogens with zero attached hydrogens (tertiary/aromatic N) is 1. The van der Waals surface area contributed by atoms with Gasteiger partial charge in [0.15, 0.2) is 0 Å². The summed E-state index contributed by atoms with van der Waals surface area (Å²) in [6, 6.07) is 1.14. The number of hydrogen-bond donors (Lipinski definition) is 1. The monoisotopic (exact) mass is 322 g/mol. The Hall–Kier alpha value is -2.44. The van der Waals surface area contributed by atoms with Gasteiger partial charge in [-0.1, -0.05) is 25.8 Å².